The van der Waals surface area contributed by atoms with Crippen LogP contribution in [0.4, 0.5) is 14.5 Å². The Kier molecular flexibility index (Phi) is 4.55. The van der Waals surface area contributed by atoms with Gasteiger partial charge in [0.15, 0.2) is 0 Å². The highest BCUT2D eigenvalue weighted by atomic mass is 32.2. The molecule has 1 unspecified atom stereocenters. The van der Waals surface area contributed by atoms with E-state index >= 15 is 0 Å². The highest BCUT2D eigenvalue weighted by Gasteiger charge is 2.25. The number of sulfonamides is 1. The van der Waals surface area contributed by atoms with Crippen LogP contribution < -0.4 is 14.2 Å². The number of hydrogen-bond acceptors (Lipinski definition) is 4. The maximum atomic E-state index is 13.9. The molecule has 5 nitrogen and oxygen atoms in total. The highest BCUT2D eigenvalue weighted by molar-refractivity contribution is 7.92. The summed E-state index contributed by atoms with van der Waals surface area (Å²) < 4.78 is 65.3. The zero-order valence-electron chi connectivity index (χ0n) is 13.7. The predicted molar refractivity (Wildman–Crippen MR) is 88.6 cm³/mol. The second kappa shape index (κ2) is 6.51. The SMILES string of the molecule is CCOc1cc2c(cc1NS(=O)(=O)c1ccc(F)cc1F)OC(C)C2. The third-order valence-electron chi connectivity index (χ3n) is 3.73. The fourth-order valence-electron chi connectivity index (χ4n) is 2.69. The molecule has 2 aromatic rings. The molecule has 0 aliphatic carbocycles. The Hall–Kier alpha value is -2.35. The summed E-state index contributed by atoms with van der Waals surface area (Å²) in [5, 5.41) is 0. The molecule has 1 N–H and O–H groups in total. The molecular formula is C17H17F2NO4S. The van der Waals surface area contributed by atoms with E-state index in [-0.39, 0.29) is 11.8 Å². The minimum atomic E-state index is -4.26. The Balaban J connectivity index is 2.00. The summed E-state index contributed by atoms with van der Waals surface area (Å²) >= 11 is 0. The number of halogens is 2. The zero-order chi connectivity index (χ0) is 18.2. The minimum absolute atomic E-state index is 0.0223. The van der Waals surface area contributed by atoms with Crippen molar-refractivity contribution in [3.8, 4) is 11.5 Å². The van der Waals surface area contributed by atoms with Gasteiger partial charge in [-0.2, -0.15) is 0 Å². The van der Waals surface area contributed by atoms with Gasteiger partial charge in [-0.25, -0.2) is 17.2 Å². The molecular weight excluding hydrogens is 352 g/mol. The lowest BCUT2D eigenvalue weighted by Crippen LogP contribution is -2.15. The first-order chi connectivity index (χ1) is 11.8. The molecule has 1 aliphatic heterocycles. The number of nitrogens with one attached hydrogen (secondary N) is 1. The van der Waals surface area contributed by atoms with Gasteiger partial charge in [-0.05, 0) is 32.0 Å². The summed E-state index contributed by atoms with van der Waals surface area (Å²) in [7, 11) is -4.26. The van der Waals surface area contributed by atoms with Gasteiger partial charge in [-0.15, -0.1) is 0 Å². The lowest BCUT2D eigenvalue weighted by Gasteiger charge is -2.15. The van der Waals surface area contributed by atoms with Gasteiger partial charge in [-0.1, -0.05) is 0 Å². The van der Waals surface area contributed by atoms with Crippen LogP contribution in [0.25, 0.3) is 0 Å². The van der Waals surface area contributed by atoms with Gasteiger partial charge in [-0.3, -0.25) is 4.72 Å². The summed E-state index contributed by atoms with van der Waals surface area (Å²) in [5.74, 6) is -1.15. The van der Waals surface area contributed by atoms with Crippen LogP contribution in [0.15, 0.2) is 35.2 Å². The highest BCUT2D eigenvalue weighted by Crippen LogP contribution is 2.39. The van der Waals surface area contributed by atoms with Crippen molar-refractivity contribution in [1.29, 1.82) is 0 Å². The largest absolute Gasteiger partial charge is 0.492 e. The number of rotatable bonds is 5. The summed E-state index contributed by atoms with van der Waals surface area (Å²) in [6.07, 6.45) is 0.667. The first kappa shape index (κ1) is 17.5. The van der Waals surface area contributed by atoms with E-state index in [2.05, 4.69) is 4.72 Å². The number of ether oxygens (including phenoxy) is 2. The molecule has 0 aromatic heterocycles. The van der Waals surface area contributed by atoms with E-state index < -0.39 is 26.6 Å². The average molecular weight is 369 g/mol. The first-order valence-corrected chi connectivity index (χ1v) is 9.22. The van der Waals surface area contributed by atoms with Crippen molar-refractivity contribution in [3.63, 3.8) is 0 Å². The van der Waals surface area contributed by atoms with Gasteiger partial charge >= 0.3 is 0 Å². The van der Waals surface area contributed by atoms with Crippen molar-refractivity contribution in [2.45, 2.75) is 31.3 Å². The molecule has 8 heteroatoms. The van der Waals surface area contributed by atoms with Crippen molar-refractivity contribution in [2.24, 2.45) is 0 Å². The van der Waals surface area contributed by atoms with E-state index in [0.29, 0.717) is 30.6 Å². The van der Waals surface area contributed by atoms with Crippen LogP contribution in [0.2, 0.25) is 0 Å². The molecule has 1 atom stereocenters. The van der Waals surface area contributed by atoms with Gasteiger partial charge in [0.1, 0.15) is 34.1 Å². The average Bonchev–Trinajstić information content (AvgIpc) is 2.86. The van der Waals surface area contributed by atoms with Crippen LogP contribution in [-0.4, -0.2) is 21.1 Å². The second-order valence-corrected chi connectivity index (χ2v) is 7.35. The van der Waals surface area contributed by atoms with Crippen molar-refractivity contribution in [2.75, 3.05) is 11.3 Å². The fourth-order valence-corrected chi connectivity index (χ4v) is 3.81. The quantitative estimate of drug-likeness (QED) is 0.876. The van der Waals surface area contributed by atoms with Crippen LogP contribution in [0.5, 0.6) is 11.5 Å². The number of benzene rings is 2. The molecule has 1 heterocycles. The van der Waals surface area contributed by atoms with E-state index in [0.717, 1.165) is 17.7 Å². The fraction of sp³-hybridized carbons (Fsp3) is 0.294. The molecule has 134 valence electrons. The van der Waals surface area contributed by atoms with E-state index in [1.165, 1.54) is 6.07 Å². The standard InChI is InChI=1S/C17H17F2NO4S/c1-3-23-16-7-11-6-10(2)24-15(11)9-14(16)20-25(21,22)17-5-4-12(18)8-13(17)19/h4-5,7-10,20H,3,6H2,1-2H3. The second-order valence-electron chi connectivity index (χ2n) is 5.70. The maximum Gasteiger partial charge on any atom is 0.264 e. The van der Waals surface area contributed by atoms with E-state index in [4.69, 9.17) is 9.47 Å². The molecule has 0 fully saturated rings. The van der Waals surface area contributed by atoms with E-state index in [9.17, 15) is 17.2 Å². The number of anilines is 1. The van der Waals surface area contributed by atoms with Crippen molar-refractivity contribution in [3.05, 3.63) is 47.5 Å². The first-order valence-electron chi connectivity index (χ1n) is 7.74. The number of hydrogen-bond donors (Lipinski definition) is 1. The summed E-state index contributed by atoms with van der Waals surface area (Å²) in [5.41, 5.74) is 1.05. The van der Waals surface area contributed by atoms with Crippen molar-refractivity contribution >= 4 is 15.7 Å². The van der Waals surface area contributed by atoms with E-state index in [1.54, 1.807) is 13.0 Å². The lowest BCUT2D eigenvalue weighted by atomic mass is 10.1. The third kappa shape index (κ3) is 3.53. The summed E-state index contributed by atoms with van der Waals surface area (Å²) in [6, 6.07) is 5.50. The molecule has 3 rings (SSSR count). The van der Waals surface area contributed by atoms with Gasteiger partial charge in [0.2, 0.25) is 0 Å². The smallest absolute Gasteiger partial charge is 0.264 e. The monoisotopic (exact) mass is 369 g/mol. The molecule has 0 saturated carbocycles. The van der Waals surface area contributed by atoms with E-state index in [1.807, 2.05) is 6.92 Å². The lowest BCUT2D eigenvalue weighted by molar-refractivity contribution is 0.254. The normalized spacial score (nSPS) is 16.2. The molecule has 1 aliphatic rings. The molecule has 0 amide bonds. The predicted octanol–water partition coefficient (Wildman–Crippen LogP) is 3.49. The molecule has 25 heavy (non-hydrogen) atoms. The van der Waals surface area contributed by atoms with Crippen LogP contribution in [0, 0.1) is 11.6 Å². The van der Waals surface area contributed by atoms with Crippen LogP contribution in [0.1, 0.15) is 19.4 Å². The summed E-state index contributed by atoms with van der Waals surface area (Å²) in [6.45, 7) is 4.00. The maximum absolute atomic E-state index is 13.9. The molecule has 0 saturated heterocycles. The molecule has 0 spiro atoms. The van der Waals surface area contributed by atoms with Gasteiger partial charge in [0.25, 0.3) is 10.0 Å². The Morgan fingerprint density at radius 3 is 2.72 bits per heavy atom. The Morgan fingerprint density at radius 2 is 2.04 bits per heavy atom. The molecule has 2 aromatic carbocycles. The van der Waals surface area contributed by atoms with Gasteiger partial charge in [0, 0.05) is 24.1 Å². The molecule has 0 bridgehead atoms. The van der Waals surface area contributed by atoms with Crippen molar-refractivity contribution in [1.82, 2.24) is 0 Å². The Morgan fingerprint density at radius 1 is 1.28 bits per heavy atom. The molecule has 0 radical (unpaired) electrons. The summed E-state index contributed by atoms with van der Waals surface area (Å²) in [4.78, 5) is -0.647. The topological polar surface area (TPSA) is 64.6 Å². The zero-order valence-corrected chi connectivity index (χ0v) is 14.5. The Bertz CT molecular complexity index is 915. The van der Waals surface area contributed by atoms with Gasteiger partial charge in [0.05, 0.1) is 12.3 Å². The minimum Gasteiger partial charge on any atom is -0.492 e. The van der Waals surface area contributed by atoms with Crippen LogP contribution >= 0.6 is 0 Å². The van der Waals surface area contributed by atoms with Gasteiger partial charge < -0.3 is 9.47 Å². The van der Waals surface area contributed by atoms with Crippen LogP contribution in [0.3, 0.4) is 0 Å². The third-order valence-corrected chi connectivity index (χ3v) is 5.12. The Labute approximate surface area is 144 Å². The van der Waals surface area contributed by atoms with Crippen LogP contribution in [-0.2, 0) is 16.4 Å². The number of fused-ring (bicyclic) bond motifs is 1. The van der Waals surface area contributed by atoms with Crippen molar-refractivity contribution < 1.29 is 26.7 Å².